The Morgan fingerprint density at radius 1 is 1.08 bits per heavy atom. The van der Waals surface area contributed by atoms with Crippen LogP contribution >= 0.6 is 0 Å². The molecule has 1 atom stereocenters. The van der Waals surface area contributed by atoms with E-state index in [9.17, 15) is 28.5 Å². The number of nitrogens with two attached hydrogens (primary N) is 1. The molecule has 2 rings (SSSR count). The Kier molecular flexibility index (Phi) is 4.83. The number of nitro benzene ring substituents is 1. The van der Waals surface area contributed by atoms with Gasteiger partial charge in [0, 0.05) is 0 Å². The highest BCUT2D eigenvalue weighted by Crippen LogP contribution is 2.21. The molecule has 7 nitrogen and oxygen atoms in total. The number of primary amides is 1. The molecule has 3 N–H and O–H groups in total. The third-order valence-corrected chi connectivity index (χ3v) is 3.16. The van der Waals surface area contributed by atoms with Gasteiger partial charge in [0.1, 0.15) is 23.2 Å². The van der Waals surface area contributed by atoms with Crippen molar-refractivity contribution in [2.75, 3.05) is 0 Å². The summed E-state index contributed by atoms with van der Waals surface area (Å²) in [4.78, 5) is 33.8. The molecule has 0 aliphatic carbocycles. The van der Waals surface area contributed by atoms with Crippen molar-refractivity contribution < 1.29 is 23.3 Å². The number of carbonyl (C=O) groups excluding carboxylic acids is 2. The number of carbonyl (C=O) groups is 2. The van der Waals surface area contributed by atoms with E-state index in [1.807, 2.05) is 0 Å². The van der Waals surface area contributed by atoms with E-state index >= 15 is 0 Å². The minimum absolute atomic E-state index is 0.196. The number of nitro groups is 1. The van der Waals surface area contributed by atoms with E-state index in [-0.39, 0.29) is 5.56 Å². The molecule has 0 bridgehead atoms. The molecule has 0 fully saturated rings. The van der Waals surface area contributed by atoms with E-state index in [4.69, 9.17) is 5.73 Å². The first kappa shape index (κ1) is 17.0. The summed E-state index contributed by atoms with van der Waals surface area (Å²) in [5.74, 6) is -3.37. The Bertz CT molecular complexity index is 809. The average Bonchev–Trinajstić information content (AvgIpc) is 2.53. The normalized spacial score (nSPS) is 11.6. The quantitative estimate of drug-likeness (QED) is 0.640. The molecule has 2 aromatic carbocycles. The minimum Gasteiger partial charge on any atom is -0.368 e. The molecule has 9 heteroatoms. The number of nitrogens with one attached hydrogen (secondary N) is 1. The molecule has 0 heterocycles. The maximum absolute atomic E-state index is 13.1. The van der Waals surface area contributed by atoms with Crippen molar-refractivity contribution in [3.05, 3.63) is 75.3 Å². The topological polar surface area (TPSA) is 115 Å². The second-order valence-electron chi connectivity index (χ2n) is 4.78. The first-order valence-electron chi connectivity index (χ1n) is 6.59. The van der Waals surface area contributed by atoms with Crippen LogP contribution in [0.5, 0.6) is 0 Å². The van der Waals surface area contributed by atoms with Gasteiger partial charge in [-0.1, -0.05) is 12.1 Å². The van der Waals surface area contributed by atoms with Crippen molar-refractivity contribution in [2.45, 2.75) is 6.04 Å². The van der Waals surface area contributed by atoms with Crippen LogP contribution in [0.15, 0.2) is 42.5 Å². The number of hydrogen-bond donors (Lipinski definition) is 2. The third kappa shape index (κ3) is 3.69. The van der Waals surface area contributed by atoms with Crippen LogP contribution in [0.4, 0.5) is 14.5 Å². The summed E-state index contributed by atoms with van der Waals surface area (Å²) < 4.78 is 26.1. The number of rotatable bonds is 5. The summed E-state index contributed by atoms with van der Waals surface area (Å²) >= 11 is 0. The van der Waals surface area contributed by atoms with Crippen LogP contribution in [0.3, 0.4) is 0 Å². The molecule has 124 valence electrons. The van der Waals surface area contributed by atoms with Gasteiger partial charge in [0.15, 0.2) is 0 Å². The molecule has 0 aliphatic heterocycles. The van der Waals surface area contributed by atoms with Gasteiger partial charge in [0.25, 0.3) is 11.6 Å². The predicted molar refractivity (Wildman–Crippen MR) is 78.9 cm³/mol. The van der Waals surface area contributed by atoms with Crippen LogP contribution < -0.4 is 11.1 Å². The molecule has 1 unspecified atom stereocenters. The summed E-state index contributed by atoms with van der Waals surface area (Å²) in [6.07, 6.45) is 0. The van der Waals surface area contributed by atoms with Crippen LogP contribution in [0, 0.1) is 21.7 Å². The van der Waals surface area contributed by atoms with Gasteiger partial charge >= 0.3 is 0 Å². The summed E-state index contributed by atoms with van der Waals surface area (Å²) in [7, 11) is 0. The largest absolute Gasteiger partial charge is 0.368 e. The number of hydrogen-bond acceptors (Lipinski definition) is 4. The average molecular weight is 335 g/mol. The minimum atomic E-state index is -1.33. The molecule has 0 aromatic heterocycles. The van der Waals surface area contributed by atoms with E-state index in [1.54, 1.807) is 0 Å². The van der Waals surface area contributed by atoms with E-state index in [0.717, 1.165) is 24.3 Å². The maximum Gasteiger partial charge on any atom is 0.285 e. The fourth-order valence-corrected chi connectivity index (χ4v) is 2.03. The molecule has 2 aromatic rings. The summed E-state index contributed by atoms with van der Waals surface area (Å²) in [5, 5.41) is 13.2. The van der Waals surface area contributed by atoms with Gasteiger partial charge < -0.3 is 11.1 Å². The first-order valence-corrected chi connectivity index (χ1v) is 6.59. The van der Waals surface area contributed by atoms with Crippen LogP contribution in [-0.2, 0) is 4.79 Å². The number of amides is 2. The van der Waals surface area contributed by atoms with Gasteiger partial charge in [0.05, 0.1) is 11.0 Å². The van der Waals surface area contributed by atoms with E-state index in [2.05, 4.69) is 5.32 Å². The van der Waals surface area contributed by atoms with Crippen molar-refractivity contribution in [1.82, 2.24) is 5.32 Å². The standard InChI is InChI=1S/C15H11F2N3O4/c16-9-3-1-8(2-4-9)13(14(18)21)19-15(22)11-6-5-10(17)7-12(11)20(23)24/h1-7,13H,(H2,18,21)(H,19,22). The van der Waals surface area contributed by atoms with Gasteiger partial charge in [0.2, 0.25) is 5.91 Å². The van der Waals surface area contributed by atoms with E-state index < -0.39 is 45.7 Å². The van der Waals surface area contributed by atoms with Crippen molar-refractivity contribution in [1.29, 1.82) is 0 Å². The molecular weight excluding hydrogens is 324 g/mol. The number of benzene rings is 2. The van der Waals surface area contributed by atoms with E-state index in [1.165, 1.54) is 12.1 Å². The number of halogens is 2. The first-order chi connectivity index (χ1) is 11.3. The predicted octanol–water partition coefficient (Wildman–Crippen LogP) is 1.83. The summed E-state index contributed by atoms with van der Waals surface area (Å²) in [6.45, 7) is 0. The van der Waals surface area contributed by atoms with Gasteiger partial charge in [-0.25, -0.2) is 8.78 Å². The highest BCUT2D eigenvalue weighted by molar-refractivity contribution is 6.00. The molecule has 0 saturated heterocycles. The maximum atomic E-state index is 13.1. The molecule has 0 saturated carbocycles. The highest BCUT2D eigenvalue weighted by atomic mass is 19.1. The lowest BCUT2D eigenvalue weighted by molar-refractivity contribution is -0.385. The van der Waals surface area contributed by atoms with Crippen molar-refractivity contribution in [3.63, 3.8) is 0 Å². The highest BCUT2D eigenvalue weighted by Gasteiger charge is 2.26. The van der Waals surface area contributed by atoms with Gasteiger partial charge in [-0.05, 0) is 29.8 Å². The fraction of sp³-hybridized carbons (Fsp3) is 0.0667. The molecular formula is C15H11F2N3O4. The molecule has 24 heavy (non-hydrogen) atoms. The fourth-order valence-electron chi connectivity index (χ4n) is 2.03. The monoisotopic (exact) mass is 335 g/mol. The molecule has 0 radical (unpaired) electrons. The van der Waals surface area contributed by atoms with E-state index in [0.29, 0.717) is 6.07 Å². The SMILES string of the molecule is NC(=O)C(NC(=O)c1ccc(F)cc1[N+](=O)[O-])c1ccc(F)cc1. The Morgan fingerprint density at radius 3 is 2.21 bits per heavy atom. The third-order valence-electron chi connectivity index (χ3n) is 3.16. The van der Waals surface area contributed by atoms with Gasteiger partial charge in [-0.15, -0.1) is 0 Å². The van der Waals surface area contributed by atoms with Crippen LogP contribution in [0.2, 0.25) is 0 Å². The summed E-state index contributed by atoms with van der Waals surface area (Å²) in [6, 6.07) is 5.67. The summed E-state index contributed by atoms with van der Waals surface area (Å²) in [5.41, 5.74) is 4.22. The van der Waals surface area contributed by atoms with Crippen molar-refractivity contribution >= 4 is 17.5 Å². The Labute approximate surface area is 134 Å². The Morgan fingerprint density at radius 2 is 1.67 bits per heavy atom. The van der Waals surface area contributed by atoms with Crippen LogP contribution in [-0.4, -0.2) is 16.7 Å². The second-order valence-corrected chi connectivity index (χ2v) is 4.78. The molecule has 0 spiro atoms. The Balaban J connectivity index is 2.34. The van der Waals surface area contributed by atoms with Gasteiger partial charge in [-0.2, -0.15) is 0 Å². The van der Waals surface area contributed by atoms with Crippen LogP contribution in [0.1, 0.15) is 22.0 Å². The zero-order chi connectivity index (χ0) is 17.9. The number of nitrogens with zero attached hydrogens (tertiary/aromatic N) is 1. The van der Waals surface area contributed by atoms with Gasteiger partial charge in [-0.3, -0.25) is 19.7 Å². The second kappa shape index (κ2) is 6.82. The van der Waals surface area contributed by atoms with Crippen molar-refractivity contribution in [3.8, 4) is 0 Å². The van der Waals surface area contributed by atoms with Crippen molar-refractivity contribution in [2.24, 2.45) is 5.73 Å². The lowest BCUT2D eigenvalue weighted by Crippen LogP contribution is -2.37. The van der Waals surface area contributed by atoms with Crippen LogP contribution in [0.25, 0.3) is 0 Å². The zero-order valence-corrected chi connectivity index (χ0v) is 12.0. The molecule has 0 aliphatic rings. The smallest absolute Gasteiger partial charge is 0.285 e. The molecule has 2 amide bonds. The lowest BCUT2D eigenvalue weighted by atomic mass is 10.1. The Hall–Kier alpha value is -3.36. The lowest BCUT2D eigenvalue weighted by Gasteiger charge is -2.16. The zero-order valence-electron chi connectivity index (χ0n) is 12.0.